The Morgan fingerprint density at radius 1 is 1.04 bits per heavy atom. The van der Waals surface area contributed by atoms with E-state index in [9.17, 15) is 13.5 Å². The summed E-state index contributed by atoms with van der Waals surface area (Å²) in [6.45, 7) is 2.61. The van der Waals surface area contributed by atoms with Crippen molar-refractivity contribution in [1.82, 2.24) is 9.62 Å². The number of benzene rings is 2. The maximum absolute atomic E-state index is 12.5. The zero-order valence-corrected chi connectivity index (χ0v) is 14.8. The van der Waals surface area contributed by atoms with Crippen molar-refractivity contribution in [3.8, 4) is 0 Å². The second-order valence-corrected chi connectivity index (χ2v) is 7.69. The number of hydrogen-bond donors (Lipinski definition) is 2. The molecular weight excluding hydrogens is 324 g/mol. The zero-order chi connectivity index (χ0) is 17.6. The van der Waals surface area contributed by atoms with Gasteiger partial charge < -0.3 is 5.11 Å². The molecule has 0 spiro atoms. The molecule has 0 unspecified atom stereocenters. The summed E-state index contributed by atoms with van der Waals surface area (Å²) >= 11 is 0. The molecule has 24 heavy (non-hydrogen) atoms. The van der Waals surface area contributed by atoms with Crippen molar-refractivity contribution in [3.05, 3.63) is 66.2 Å². The second kappa shape index (κ2) is 7.90. The average molecular weight is 348 g/mol. The van der Waals surface area contributed by atoms with Gasteiger partial charge in [0.1, 0.15) is 0 Å². The molecule has 130 valence electrons. The van der Waals surface area contributed by atoms with Gasteiger partial charge in [-0.3, -0.25) is 4.90 Å². The van der Waals surface area contributed by atoms with Crippen LogP contribution in [0.1, 0.15) is 12.5 Å². The molecule has 2 aromatic rings. The molecular formula is C18H24N2O3S. The smallest absolute Gasteiger partial charge is 0.240 e. The van der Waals surface area contributed by atoms with Crippen LogP contribution in [0.25, 0.3) is 0 Å². The summed E-state index contributed by atoms with van der Waals surface area (Å²) in [6, 6.07) is 18.0. The number of hydrogen-bond acceptors (Lipinski definition) is 4. The van der Waals surface area contributed by atoms with E-state index in [-0.39, 0.29) is 18.0 Å². The van der Waals surface area contributed by atoms with Gasteiger partial charge in [-0.25, -0.2) is 13.1 Å². The molecule has 0 heterocycles. The predicted octanol–water partition coefficient (Wildman–Crippen LogP) is 1.80. The molecule has 0 aliphatic rings. The molecule has 0 amide bonds. The molecule has 0 saturated heterocycles. The number of nitrogens with zero attached hydrogens (tertiary/aromatic N) is 1. The predicted molar refractivity (Wildman–Crippen MR) is 95.1 cm³/mol. The lowest BCUT2D eigenvalue weighted by Gasteiger charge is -2.39. The number of aliphatic hydroxyl groups is 1. The summed E-state index contributed by atoms with van der Waals surface area (Å²) in [4.78, 5) is 2.20. The van der Waals surface area contributed by atoms with Gasteiger partial charge in [-0.05, 0) is 31.7 Å². The van der Waals surface area contributed by atoms with Crippen molar-refractivity contribution < 1.29 is 13.5 Å². The minimum Gasteiger partial charge on any atom is -0.395 e. The molecule has 0 radical (unpaired) electrons. The van der Waals surface area contributed by atoms with E-state index in [1.54, 1.807) is 30.3 Å². The summed E-state index contributed by atoms with van der Waals surface area (Å²) in [5, 5.41) is 9.27. The van der Waals surface area contributed by atoms with Crippen LogP contribution in [0.5, 0.6) is 0 Å². The first kappa shape index (κ1) is 18.6. The standard InChI is InChI=1S/C18H24N2O3S/c1-18(20(2)13-14-21,16-9-5-3-6-10-16)15-19-24(22,23)17-11-7-4-8-12-17/h3-12,19,21H,13-15H2,1-2H3/t18-/m1/s1. The lowest BCUT2D eigenvalue weighted by Crippen LogP contribution is -2.50. The largest absolute Gasteiger partial charge is 0.395 e. The van der Waals surface area contributed by atoms with Gasteiger partial charge in [-0.1, -0.05) is 48.5 Å². The fraction of sp³-hybridized carbons (Fsp3) is 0.333. The Hall–Kier alpha value is -1.73. The summed E-state index contributed by atoms with van der Waals surface area (Å²) in [5.74, 6) is 0. The second-order valence-electron chi connectivity index (χ2n) is 5.92. The molecule has 6 heteroatoms. The first-order valence-corrected chi connectivity index (χ1v) is 9.31. The Morgan fingerprint density at radius 3 is 2.12 bits per heavy atom. The van der Waals surface area contributed by atoms with E-state index in [0.717, 1.165) is 5.56 Å². The molecule has 1 atom stereocenters. The number of aliphatic hydroxyl groups excluding tert-OH is 1. The molecule has 0 aromatic heterocycles. The summed E-state index contributed by atoms with van der Waals surface area (Å²) in [5.41, 5.74) is 0.406. The topological polar surface area (TPSA) is 69.6 Å². The van der Waals surface area contributed by atoms with Crippen molar-refractivity contribution in [2.24, 2.45) is 0 Å². The first-order chi connectivity index (χ1) is 11.4. The number of nitrogens with one attached hydrogen (secondary N) is 1. The molecule has 2 aromatic carbocycles. The first-order valence-electron chi connectivity index (χ1n) is 7.82. The van der Waals surface area contributed by atoms with Crippen molar-refractivity contribution in [1.29, 1.82) is 0 Å². The van der Waals surface area contributed by atoms with Crippen LogP contribution in [0.15, 0.2) is 65.6 Å². The van der Waals surface area contributed by atoms with Crippen LogP contribution in [-0.2, 0) is 15.6 Å². The van der Waals surface area contributed by atoms with Gasteiger partial charge in [-0.2, -0.15) is 0 Å². The minimum absolute atomic E-state index is 0.00432. The van der Waals surface area contributed by atoms with E-state index in [1.807, 2.05) is 49.2 Å². The van der Waals surface area contributed by atoms with E-state index in [2.05, 4.69) is 4.72 Å². The Kier molecular flexibility index (Phi) is 6.12. The molecule has 0 bridgehead atoms. The van der Waals surface area contributed by atoms with Crippen molar-refractivity contribution in [3.63, 3.8) is 0 Å². The molecule has 2 N–H and O–H groups in total. The fourth-order valence-electron chi connectivity index (χ4n) is 2.57. The molecule has 0 saturated carbocycles. The highest BCUT2D eigenvalue weighted by Crippen LogP contribution is 2.26. The zero-order valence-electron chi connectivity index (χ0n) is 14.0. The van der Waals surface area contributed by atoms with Crippen LogP contribution in [0, 0.1) is 0 Å². The van der Waals surface area contributed by atoms with E-state index in [1.165, 1.54) is 0 Å². The highest BCUT2D eigenvalue weighted by molar-refractivity contribution is 7.89. The Balaban J connectivity index is 2.27. The van der Waals surface area contributed by atoms with Crippen LogP contribution >= 0.6 is 0 Å². The molecule has 2 rings (SSSR count). The third-order valence-corrected chi connectivity index (χ3v) is 5.75. The van der Waals surface area contributed by atoms with E-state index >= 15 is 0 Å². The van der Waals surface area contributed by atoms with E-state index < -0.39 is 15.6 Å². The summed E-state index contributed by atoms with van der Waals surface area (Å²) < 4.78 is 27.7. The van der Waals surface area contributed by atoms with Crippen LogP contribution in [0.2, 0.25) is 0 Å². The number of sulfonamides is 1. The van der Waals surface area contributed by atoms with Crippen molar-refractivity contribution >= 4 is 10.0 Å². The van der Waals surface area contributed by atoms with E-state index in [4.69, 9.17) is 0 Å². The summed E-state index contributed by atoms with van der Waals surface area (Å²) in [7, 11) is -1.71. The highest BCUT2D eigenvalue weighted by Gasteiger charge is 2.32. The van der Waals surface area contributed by atoms with Gasteiger partial charge in [-0.15, -0.1) is 0 Å². The molecule has 0 fully saturated rings. The van der Waals surface area contributed by atoms with Gasteiger partial charge in [0.2, 0.25) is 10.0 Å². The molecule has 0 aliphatic heterocycles. The van der Waals surface area contributed by atoms with Gasteiger partial charge >= 0.3 is 0 Å². The van der Waals surface area contributed by atoms with Gasteiger partial charge in [0.25, 0.3) is 0 Å². The lowest BCUT2D eigenvalue weighted by molar-refractivity contribution is 0.110. The maximum Gasteiger partial charge on any atom is 0.240 e. The normalized spacial score (nSPS) is 14.5. The van der Waals surface area contributed by atoms with Crippen LogP contribution in [-0.4, -0.2) is 45.2 Å². The van der Waals surface area contributed by atoms with Crippen molar-refractivity contribution in [2.45, 2.75) is 17.4 Å². The lowest BCUT2D eigenvalue weighted by atomic mass is 9.90. The number of rotatable bonds is 8. The Labute approximate surface area is 144 Å². The van der Waals surface area contributed by atoms with Crippen LogP contribution < -0.4 is 4.72 Å². The highest BCUT2D eigenvalue weighted by atomic mass is 32.2. The molecule has 5 nitrogen and oxygen atoms in total. The third-order valence-electron chi connectivity index (χ3n) is 4.33. The average Bonchev–Trinajstić information content (AvgIpc) is 2.61. The Bertz CT molecular complexity index is 735. The SMILES string of the molecule is CN(CCO)[C@](C)(CNS(=O)(=O)c1ccccc1)c1ccccc1. The quantitative estimate of drug-likeness (QED) is 0.763. The van der Waals surface area contributed by atoms with Gasteiger partial charge in [0.15, 0.2) is 0 Å². The van der Waals surface area contributed by atoms with Crippen LogP contribution in [0.3, 0.4) is 0 Å². The van der Waals surface area contributed by atoms with Gasteiger partial charge in [0.05, 0.1) is 17.0 Å². The fourth-order valence-corrected chi connectivity index (χ4v) is 3.72. The van der Waals surface area contributed by atoms with Gasteiger partial charge in [0, 0.05) is 13.1 Å². The van der Waals surface area contributed by atoms with Crippen molar-refractivity contribution in [2.75, 3.05) is 26.7 Å². The third kappa shape index (κ3) is 4.21. The van der Waals surface area contributed by atoms with Crippen LogP contribution in [0.4, 0.5) is 0 Å². The number of likely N-dealkylation sites (N-methyl/N-ethyl adjacent to an activating group) is 1. The Morgan fingerprint density at radius 2 is 1.58 bits per heavy atom. The maximum atomic E-state index is 12.5. The monoisotopic (exact) mass is 348 g/mol. The minimum atomic E-state index is -3.59. The molecule has 0 aliphatic carbocycles. The van der Waals surface area contributed by atoms with E-state index in [0.29, 0.717) is 6.54 Å². The summed E-state index contributed by atoms with van der Waals surface area (Å²) in [6.07, 6.45) is 0.